The minimum Gasteiger partial charge on any atom is -0.495 e. The van der Waals surface area contributed by atoms with Gasteiger partial charge in [0.1, 0.15) is 5.75 Å². The SMILES string of the molecule is COc1ccccc1NC(=O)NCC(C)(O)CCc1ccccc1. The number of para-hydroxylation sites is 2. The molecule has 3 N–H and O–H groups in total. The van der Waals surface area contributed by atoms with Crippen LogP contribution in [-0.4, -0.2) is 30.4 Å². The van der Waals surface area contributed by atoms with Gasteiger partial charge in [0, 0.05) is 6.54 Å². The summed E-state index contributed by atoms with van der Waals surface area (Å²) in [5, 5.41) is 15.8. The normalized spacial score (nSPS) is 13.0. The number of amides is 2. The average Bonchev–Trinajstić information content (AvgIpc) is 2.60. The average molecular weight is 328 g/mol. The lowest BCUT2D eigenvalue weighted by atomic mass is 9.97. The zero-order valence-electron chi connectivity index (χ0n) is 14.1. The molecule has 5 heteroatoms. The molecule has 1 unspecified atom stereocenters. The van der Waals surface area contributed by atoms with Crippen molar-refractivity contribution < 1.29 is 14.6 Å². The van der Waals surface area contributed by atoms with Gasteiger partial charge in [0.2, 0.25) is 0 Å². The van der Waals surface area contributed by atoms with Crippen molar-refractivity contribution in [3.63, 3.8) is 0 Å². The topological polar surface area (TPSA) is 70.6 Å². The lowest BCUT2D eigenvalue weighted by molar-refractivity contribution is 0.0539. The number of rotatable bonds is 7. The van der Waals surface area contributed by atoms with Gasteiger partial charge in [-0.15, -0.1) is 0 Å². The third kappa shape index (κ3) is 5.59. The van der Waals surface area contributed by atoms with E-state index in [1.807, 2.05) is 42.5 Å². The molecule has 0 saturated carbocycles. The maximum absolute atomic E-state index is 12.0. The molecule has 2 aromatic rings. The van der Waals surface area contributed by atoms with E-state index in [9.17, 15) is 9.90 Å². The van der Waals surface area contributed by atoms with Crippen molar-refractivity contribution in [1.82, 2.24) is 5.32 Å². The van der Waals surface area contributed by atoms with Crippen molar-refractivity contribution >= 4 is 11.7 Å². The van der Waals surface area contributed by atoms with E-state index in [0.29, 0.717) is 17.9 Å². The Bertz CT molecular complexity index is 657. The van der Waals surface area contributed by atoms with Crippen molar-refractivity contribution in [3.05, 3.63) is 60.2 Å². The number of urea groups is 1. The van der Waals surface area contributed by atoms with E-state index in [0.717, 1.165) is 12.0 Å². The predicted octanol–water partition coefficient (Wildman–Crippen LogP) is 3.20. The van der Waals surface area contributed by atoms with Gasteiger partial charge in [0.25, 0.3) is 0 Å². The summed E-state index contributed by atoms with van der Waals surface area (Å²) >= 11 is 0. The molecule has 2 aromatic carbocycles. The van der Waals surface area contributed by atoms with Crippen LogP contribution in [0.4, 0.5) is 10.5 Å². The second-order valence-electron chi connectivity index (χ2n) is 5.99. The molecule has 0 bridgehead atoms. The number of benzene rings is 2. The van der Waals surface area contributed by atoms with Crippen molar-refractivity contribution in [1.29, 1.82) is 0 Å². The molecule has 2 amide bonds. The summed E-state index contributed by atoms with van der Waals surface area (Å²) in [6, 6.07) is 16.8. The van der Waals surface area contributed by atoms with Crippen molar-refractivity contribution in [2.45, 2.75) is 25.4 Å². The number of ether oxygens (including phenoxy) is 1. The molecule has 0 aromatic heterocycles. The third-order valence-corrected chi connectivity index (χ3v) is 3.78. The Morgan fingerprint density at radius 1 is 1.12 bits per heavy atom. The highest BCUT2D eigenvalue weighted by atomic mass is 16.5. The van der Waals surface area contributed by atoms with Gasteiger partial charge in [-0.3, -0.25) is 0 Å². The van der Waals surface area contributed by atoms with Crippen LogP contribution in [0, 0.1) is 0 Å². The van der Waals surface area contributed by atoms with Gasteiger partial charge in [-0.2, -0.15) is 0 Å². The number of methoxy groups -OCH3 is 1. The van der Waals surface area contributed by atoms with Crippen LogP contribution in [0.15, 0.2) is 54.6 Å². The number of nitrogens with one attached hydrogen (secondary N) is 2. The summed E-state index contributed by atoms with van der Waals surface area (Å²) in [5.74, 6) is 0.587. The molecule has 0 aliphatic heterocycles. The monoisotopic (exact) mass is 328 g/mol. The van der Waals surface area contributed by atoms with Gasteiger partial charge < -0.3 is 20.5 Å². The van der Waals surface area contributed by atoms with Gasteiger partial charge in [-0.05, 0) is 37.5 Å². The van der Waals surface area contributed by atoms with Gasteiger partial charge in [0.05, 0.1) is 18.4 Å². The lowest BCUT2D eigenvalue weighted by Gasteiger charge is -2.24. The third-order valence-electron chi connectivity index (χ3n) is 3.78. The number of anilines is 1. The molecule has 0 saturated heterocycles. The summed E-state index contributed by atoms with van der Waals surface area (Å²) < 4.78 is 5.19. The molecule has 128 valence electrons. The second kappa shape index (κ2) is 8.36. The van der Waals surface area contributed by atoms with E-state index >= 15 is 0 Å². The second-order valence-corrected chi connectivity index (χ2v) is 5.99. The van der Waals surface area contributed by atoms with E-state index in [2.05, 4.69) is 10.6 Å². The Hall–Kier alpha value is -2.53. The van der Waals surface area contributed by atoms with Crippen LogP contribution in [0.1, 0.15) is 18.9 Å². The Morgan fingerprint density at radius 2 is 1.79 bits per heavy atom. The standard InChI is InChI=1S/C19H24N2O3/c1-19(23,13-12-15-8-4-3-5-9-15)14-20-18(22)21-16-10-6-7-11-17(16)24-2/h3-11,23H,12-14H2,1-2H3,(H2,20,21,22). The summed E-state index contributed by atoms with van der Waals surface area (Å²) in [7, 11) is 1.55. The molecule has 0 aliphatic rings. The fourth-order valence-electron chi connectivity index (χ4n) is 2.33. The molecule has 0 fully saturated rings. The number of hydrogen-bond donors (Lipinski definition) is 3. The van der Waals surface area contributed by atoms with E-state index in [1.165, 1.54) is 0 Å². The number of carbonyl (C=O) groups is 1. The van der Waals surface area contributed by atoms with Gasteiger partial charge in [-0.1, -0.05) is 42.5 Å². The Balaban J connectivity index is 1.81. The molecular formula is C19H24N2O3. The zero-order valence-corrected chi connectivity index (χ0v) is 14.1. The summed E-state index contributed by atoms with van der Waals surface area (Å²) in [6.45, 7) is 1.89. The first-order valence-electron chi connectivity index (χ1n) is 7.94. The largest absolute Gasteiger partial charge is 0.495 e. The fraction of sp³-hybridized carbons (Fsp3) is 0.316. The van der Waals surface area contributed by atoms with Crippen LogP contribution < -0.4 is 15.4 Å². The minimum atomic E-state index is -0.978. The number of aliphatic hydroxyl groups is 1. The lowest BCUT2D eigenvalue weighted by Crippen LogP contribution is -2.42. The van der Waals surface area contributed by atoms with Crippen LogP contribution in [0.3, 0.4) is 0 Å². The quantitative estimate of drug-likeness (QED) is 0.731. The number of carbonyl (C=O) groups excluding carboxylic acids is 1. The van der Waals surface area contributed by atoms with E-state index < -0.39 is 5.60 Å². The maximum atomic E-state index is 12.0. The van der Waals surface area contributed by atoms with Crippen molar-refractivity contribution in [2.75, 3.05) is 19.0 Å². The van der Waals surface area contributed by atoms with Crippen molar-refractivity contribution in [3.8, 4) is 5.75 Å². The first kappa shape index (κ1) is 17.8. The number of aryl methyl sites for hydroxylation is 1. The molecular weight excluding hydrogens is 304 g/mol. The maximum Gasteiger partial charge on any atom is 0.319 e. The van der Waals surface area contributed by atoms with Crippen LogP contribution in [0.2, 0.25) is 0 Å². The van der Waals surface area contributed by atoms with E-state index in [4.69, 9.17) is 4.74 Å². The summed E-state index contributed by atoms with van der Waals surface area (Å²) in [4.78, 5) is 12.0. The predicted molar refractivity (Wildman–Crippen MR) is 95.4 cm³/mol. The van der Waals surface area contributed by atoms with Gasteiger partial charge in [0.15, 0.2) is 0 Å². The van der Waals surface area contributed by atoms with Gasteiger partial charge >= 0.3 is 6.03 Å². The smallest absolute Gasteiger partial charge is 0.319 e. The Morgan fingerprint density at radius 3 is 2.50 bits per heavy atom. The van der Waals surface area contributed by atoms with E-state index in [-0.39, 0.29) is 12.6 Å². The number of hydrogen-bond acceptors (Lipinski definition) is 3. The van der Waals surface area contributed by atoms with Crippen LogP contribution >= 0.6 is 0 Å². The first-order valence-corrected chi connectivity index (χ1v) is 7.94. The first-order chi connectivity index (χ1) is 11.5. The molecule has 0 aliphatic carbocycles. The summed E-state index contributed by atoms with van der Waals surface area (Å²) in [6.07, 6.45) is 1.32. The van der Waals surface area contributed by atoms with Crippen molar-refractivity contribution in [2.24, 2.45) is 0 Å². The molecule has 24 heavy (non-hydrogen) atoms. The highest BCUT2D eigenvalue weighted by molar-refractivity contribution is 5.90. The molecule has 0 spiro atoms. The Kier molecular flexibility index (Phi) is 6.21. The van der Waals surface area contributed by atoms with E-state index in [1.54, 1.807) is 26.2 Å². The highest BCUT2D eigenvalue weighted by Gasteiger charge is 2.21. The highest BCUT2D eigenvalue weighted by Crippen LogP contribution is 2.22. The zero-order chi connectivity index (χ0) is 17.4. The molecule has 0 radical (unpaired) electrons. The Labute approximate surface area is 142 Å². The van der Waals surface area contributed by atoms with Gasteiger partial charge in [-0.25, -0.2) is 4.79 Å². The minimum absolute atomic E-state index is 0.167. The molecule has 2 rings (SSSR count). The van der Waals surface area contributed by atoms with Crippen LogP contribution in [-0.2, 0) is 6.42 Å². The molecule has 0 heterocycles. The van der Waals surface area contributed by atoms with Crippen LogP contribution in [0.25, 0.3) is 0 Å². The molecule has 1 atom stereocenters. The molecule has 5 nitrogen and oxygen atoms in total. The fourth-order valence-corrected chi connectivity index (χ4v) is 2.33. The van der Waals surface area contributed by atoms with Crippen LogP contribution in [0.5, 0.6) is 5.75 Å². The summed E-state index contributed by atoms with van der Waals surface area (Å²) in [5.41, 5.74) is 0.770.